The van der Waals surface area contributed by atoms with Crippen LogP contribution in [-0.2, 0) is 5.75 Å². The minimum atomic E-state index is -0.113. The van der Waals surface area contributed by atoms with Gasteiger partial charge < -0.3 is 9.84 Å². The summed E-state index contributed by atoms with van der Waals surface area (Å²) >= 11 is 1.87. The molecular formula is C15H20O2S. The van der Waals surface area contributed by atoms with Crippen molar-refractivity contribution in [3.63, 3.8) is 0 Å². The number of rotatable bonds is 3. The van der Waals surface area contributed by atoms with E-state index in [1.54, 1.807) is 7.11 Å². The fourth-order valence-electron chi connectivity index (χ4n) is 1.37. The summed E-state index contributed by atoms with van der Waals surface area (Å²) in [5.41, 5.74) is 2.11. The molecule has 0 saturated heterocycles. The Morgan fingerprint density at radius 1 is 1.33 bits per heavy atom. The van der Waals surface area contributed by atoms with Crippen LogP contribution in [0.5, 0.6) is 5.75 Å². The molecule has 0 amide bonds. The first kappa shape index (κ1) is 14.9. The minimum Gasteiger partial charge on any atom is -0.497 e. The van der Waals surface area contributed by atoms with Gasteiger partial charge in [0.1, 0.15) is 12.4 Å². The standard InChI is InChI=1S/C15H20O2S/c1-15(2,3)18-11-13-10-14(17-4)8-7-12(13)6-5-9-16/h7-8,10,16H,9,11H2,1-4H3. The van der Waals surface area contributed by atoms with Gasteiger partial charge in [0.15, 0.2) is 0 Å². The summed E-state index contributed by atoms with van der Waals surface area (Å²) < 4.78 is 5.45. The maximum absolute atomic E-state index is 8.77. The Hall–Kier alpha value is -1.11. The minimum absolute atomic E-state index is 0.113. The lowest BCUT2D eigenvalue weighted by Crippen LogP contribution is -2.08. The number of hydrogen-bond acceptors (Lipinski definition) is 3. The topological polar surface area (TPSA) is 29.5 Å². The Labute approximate surface area is 114 Å². The van der Waals surface area contributed by atoms with Crippen LogP contribution in [0.15, 0.2) is 18.2 Å². The number of benzene rings is 1. The molecule has 0 fully saturated rings. The van der Waals surface area contributed by atoms with Crippen LogP contribution in [0, 0.1) is 11.8 Å². The zero-order chi connectivity index (χ0) is 13.6. The Bertz CT molecular complexity index is 450. The molecule has 0 atom stereocenters. The van der Waals surface area contributed by atoms with Crippen molar-refractivity contribution in [2.45, 2.75) is 31.3 Å². The van der Waals surface area contributed by atoms with E-state index in [1.165, 1.54) is 0 Å². The van der Waals surface area contributed by atoms with Crippen molar-refractivity contribution in [2.24, 2.45) is 0 Å². The summed E-state index contributed by atoms with van der Waals surface area (Å²) in [7, 11) is 1.66. The molecule has 98 valence electrons. The first-order valence-corrected chi connectivity index (χ1v) is 6.85. The van der Waals surface area contributed by atoms with E-state index in [1.807, 2.05) is 30.0 Å². The molecule has 0 spiro atoms. The van der Waals surface area contributed by atoms with E-state index < -0.39 is 0 Å². The molecule has 0 aliphatic carbocycles. The van der Waals surface area contributed by atoms with E-state index in [4.69, 9.17) is 9.84 Å². The van der Waals surface area contributed by atoms with Gasteiger partial charge in [-0.15, -0.1) is 0 Å². The van der Waals surface area contributed by atoms with Gasteiger partial charge in [0.2, 0.25) is 0 Å². The molecular weight excluding hydrogens is 244 g/mol. The van der Waals surface area contributed by atoms with Gasteiger partial charge in [0.05, 0.1) is 7.11 Å². The van der Waals surface area contributed by atoms with Gasteiger partial charge >= 0.3 is 0 Å². The Kier molecular flexibility index (Phi) is 5.58. The lowest BCUT2D eigenvalue weighted by Gasteiger charge is -2.18. The Morgan fingerprint density at radius 3 is 2.61 bits per heavy atom. The van der Waals surface area contributed by atoms with Crippen molar-refractivity contribution < 1.29 is 9.84 Å². The number of ether oxygens (including phenoxy) is 1. The number of aliphatic hydroxyl groups excluding tert-OH is 1. The van der Waals surface area contributed by atoms with E-state index in [2.05, 4.69) is 32.6 Å². The van der Waals surface area contributed by atoms with E-state index >= 15 is 0 Å². The van der Waals surface area contributed by atoms with Crippen LogP contribution < -0.4 is 4.74 Å². The molecule has 3 heteroatoms. The van der Waals surface area contributed by atoms with Gasteiger partial charge in [-0.1, -0.05) is 32.6 Å². The van der Waals surface area contributed by atoms with Gasteiger partial charge in [0, 0.05) is 16.1 Å². The molecule has 18 heavy (non-hydrogen) atoms. The van der Waals surface area contributed by atoms with Crippen molar-refractivity contribution in [3.05, 3.63) is 29.3 Å². The Morgan fingerprint density at radius 2 is 2.06 bits per heavy atom. The fourth-order valence-corrected chi connectivity index (χ4v) is 2.19. The third-order valence-electron chi connectivity index (χ3n) is 2.28. The van der Waals surface area contributed by atoms with Crippen LogP contribution in [0.25, 0.3) is 0 Å². The summed E-state index contributed by atoms with van der Waals surface area (Å²) in [6, 6.07) is 5.85. The van der Waals surface area contributed by atoms with E-state index in [0.29, 0.717) is 0 Å². The van der Waals surface area contributed by atoms with E-state index in [0.717, 1.165) is 22.6 Å². The predicted octanol–water partition coefficient (Wildman–Crippen LogP) is 3.07. The monoisotopic (exact) mass is 264 g/mol. The maximum atomic E-state index is 8.77. The van der Waals surface area contributed by atoms with Crippen molar-refractivity contribution in [2.75, 3.05) is 13.7 Å². The number of thioether (sulfide) groups is 1. The summed E-state index contributed by atoms with van der Waals surface area (Å²) in [6.45, 7) is 6.46. The van der Waals surface area contributed by atoms with Crippen LogP contribution in [0.3, 0.4) is 0 Å². The molecule has 0 radical (unpaired) electrons. The second-order valence-electron chi connectivity index (χ2n) is 4.88. The molecule has 0 unspecified atom stereocenters. The van der Waals surface area contributed by atoms with Gasteiger partial charge in [0.25, 0.3) is 0 Å². The highest BCUT2D eigenvalue weighted by molar-refractivity contribution is 7.99. The summed E-state index contributed by atoms with van der Waals surface area (Å²) in [6.07, 6.45) is 0. The predicted molar refractivity (Wildman–Crippen MR) is 78.0 cm³/mol. The van der Waals surface area contributed by atoms with Crippen molar-refractivity contribution in [1.29, 1.82) is 0 Å². The molecule has 0 heterocycles. The van der Waals surface area contributed by atoms with Crippen LogP contribution in [-0.4, -0.2) is 23.6 Å². The maximum Gasteiger partial charge on any atom is 0.119 e. The number of methoxy groups -OCH3 is 1. The highest BCUT2D eigenvalue weighted by Crippen LogP contribution is 2.29. The quantitative estimate of drug-likeness (QED) is 0.851. The van der Waals surface area contributed by atoms with Crippen LogP contribution in [0.1, 0.15) is 31.9 Å². The molecule has 0 aliphatic rings. The van der Waals surface area contributed by atoms with Gasteiger partial charge in [-0.05, 0) is 23.8 Å². The normalized spacial score (nSPS) is 10.7. The van der Waals surface area contributed by atoms with Gasteiger partial charge in [-0.2, -0.15) is 11.8 Å². The molecule has 1 aromatic rings. The fraction of sp³-hybridized carbons (Fsp3) is 0.467. The highest BCUT2D eigenvalue weighted by atomic mass is 32.2. The van der Waals surface area contributed by atoms with E-state index in [-0.39, 0.29) is 11.4 Å². The third kappa shape index (κ3) is 5.03. The molecule has 1 aromatic carbocycles. The number of aliphatic hydroxyl groups is 1. The largest absolute Gasteiger partial charge is 0.497 e. The van der Waals surface area contributed by atoms with Crippen molar-refractivity contribution >= 4 is 11.8 Å². The Balaban J connectivity index is 2.96. The molecule has 1 rings (SSSR count). The molecule has 0 aromatic heterocycles. The second kappa shape index (κ2) is 6.72. The first-order valence-electron chi connectivity index (χ1n) is 5.87. The summed E-state index contributed by atoms with van der Waals surface area (Å²) in [4.78, 5) is 0. The van der Waals surface area contributed by atoms with Crippen LogP contribution >= 0.6 is 11.8 Å². The van der Waals surface area contributed by atoms with Crippen LogP contribution in [0.2, 0.25) is 0 Å². The number of hydrogen-bond donors (Lipinski definition) is 1. The molecule has 1 N–H and O–H groups in total. The summed E-state index contributed by atoms with van der Waals surface area (Å²) in [5, 5.41) is 8.77. The molecule has 0 saturated carbocycles. The zero-order valence-electron chi connectivity index (χ0n) is 11.4. The van der Waals surface area contributed by atoms with Crippen LogP contribution in [0.4, 0.5) is 0 Å². The van der Waals surface area contributed by atoms with Crippen molar-refractivity contribution in [3.8, 4) is 17.6 Å². The second-order valence-corrected chi connectivity index (χ2v) is 6.69. The average Bonchev–Trinajstić information content (AvgIpc) is 2.33. The third-order valence-corrected chi connectivity index (χ3v) is 3.60. The zero-order valence-corrected chi connectivity index (χ0v) is 12.2. The molecule has 0 aliphatic heterocycles. The lowest BCUT2D eigenvalue weighted by molar-refractivity contribution is 0.350. The molecule has 0 bridgehead atoms. The lowest BCUT2D eigenvalue weighted by atomic mass is 10.1. The molecule has 2 nitrogen and oxygen atoms in total. The SMILES string of the molecule is COc1ccc(C#CCO)c(CSC(C)(C)C)c1. The summed E-state index contributed by atoms with van der Waals surface area (Å²) in [5.74, 6) is 7.40. The van der Waals surface area contributed by atoms with Crippen molar-refractivity contribution in [1.82, 2.24) is 0 Å². The van der Waals surface area contributed by atoms with E-state index in [9.17, 15) is 0 Å². The smallest absolute Gasteiger partial charge is 0.119 e. The van der Waals surface area contributed by atoms with Gasteiger partial charge in [-0.25, -0.2) is 0 Å². The van der Waals surface area contributed by atoms with Gasteiger partial charge in [-0.3, -0.25) is 0 Å². The first-order chi connectivity index (χ1) is 8.46. The highest BCUT2D eigenvalue weighted by Gasteiger charge is 2.12. The average molecular weight is 264 g/mol.